The lowest BCUT2D eigenvalue weighted by Gasteiger charge is -2.06. The molecule has 0 saturated carbocycles. The number of H-pyrrole nitrogens is 1. The van der Waals surface area contributed by atoms with E-state index in [1.165, 1.54) is 18.3 Å². The van der Waals surface area contributed by atoms with Crippen LogP contribution in [0.15, 0.2) is 69.4 Å². The number of para-hydroxylation sites is 1. The number of pyridine rings is 1. The van der Waals surface area contributed by atoms with Gasteiger partial charge in [-0.1, -0.05) is 35.9 Å². The summed E-state index contributed by atoms with van der Waals surface area (Å²) in [6, 6.07) is 15.2. The van der Waals surface area contributed by atoms with Gasteiger partial charge in [0.25, 0.3) is 11.5 Å². The van der Waals surface area contributed by atoms with Crippen LogP contribution in [0.5, 0.6) is 0 Å². The van der Waals surface area contributed by atoms with Crippen molar-refractivity contribution < 1.29 is 13.2 Å². The van der Waals surface area contributed by atoms with E-state index in [4.69, 9.17) is 0 Å². The van der Waals surface area contributed by atoms with Gasteiger partial charge in [0.2, 0.25) is 10.0 Å². The molecule has 0 fully saturated rings. The lowest BCUT2D eigenvalue weighted by atomic mass is 10.2. The van der Waals surface area contributed by atoms with Crippen molar-refractivity contribution in [3.8, 4) is 0 Å². The number of aryl methyl sites for hydroxylation is 1. The molecular weight excluding hydrogens is 380 g/mol. The first-order valence-corrected chi connectivity index (χ1v) is 9.84. The third-order valence-electron chi connectivity index (χ3n) is 3.93. The maximum atomic E-state index is 12.1. The van der Waals surface area contributed by atoms with Crippen LogP contribution in [-0.2, 0) is 14.8 Å². The van der Waals surface area contributed by atoms with Crippen molar-refractivity contribution in [2.45, 2.75) is 11.8 Å². The molecule has 1 aromatic heterocycles. The summed E-state index contributed by atoms with van der Waals surface area (Å²) in [6.45, 7) is 1.36. The Hall–Kier alpha value is -3.30. The van der Waals surface area contributed by atoms with Crippen molar-refractivity contribution in [1.82, 2.24) is 15.1 Å². The predicted molar refractivity (Wildman–Crippen MR) is 107 cm³/mol. The van der Waals surface area contributed by atoms with Gasteiger partial charge in [-0.25, -0.2) is 18.6 Å². The number of carbonyl (C=O) groups excluding carboxylic acids is 1. The fourth-order valence-electron chi connectivity index (χ4n) is 2.43. The van der Waals surface area contributed by atoms with E-state index in [0.29, 0.717) is 5.52 Å². The van der Waals surface area contributed by atoms with E-state index in [1.54, 1.807) is 24.3 Å². The number of benzene rings is 2. The van der Waals surface area contributed by atoms with E-state index in [-0.39, 0.29) is 16.0 Å². The van der Waals surface area contributed by atoms with Gasteiger partial charge in [0.1, 0.15) is 0 Å². The van der Waals surface area contributed by atoms with Gasteiger partial charge in [0.05, 0.1) is 23.2 Å². The van der Waals surface area contributed by atoms with Crippen LogP contribution in [0.4, 0.5) is 0 Å². The Morgan fingerprint density at radius 1 is 1.14 bits per heavy atom. The topological polar surface area (TPSA) is 120 Å². The Morgan fingerprint density at radius 3 is 2.61 bits per heavy atom. The number of hydrazone groups is 1. The Labute approximate surface area is 161 Å². The van der Waals surface area contributed by atoms with Crippen LogP contribution < -0.4 is 15.7 Å². The van der Waals surface area contributed by atoms with E-state index >= 15 is 0 Å². The lowest BCUT2D eigenvalue weighted by Crippen LogP contribution is -2.35. The number of nitrogens with one attached hydrogen (secondary N) is 3. The summed E-state index contributed by atoms with van der Waals surface area (Å²) in [7, 11) is -3.80. The number of hydrogen-bond donors (Lipinski definition) is 3. The van der Waals surface area contributed by atoms with E-state index in [2.05, 4.69) is 20.2 Å². The average molecular weight is 398 g/mol. The van der Waals surface area contributed by atoms with Crippen molar-refractivity contribution >= 4 is 33.0 Å². The van der Waals surface area contributed by atoms with Crippen LogP contribution in [0.1, 0.15) is 11.1 Å². The molecule has 28 heavy (non-hydrogen) atoms. The van der Waals surface area contributed by atoms with Gasteiger partial charge in [-0.05, 0) is 36.6 Å². The second kappa shape index (κ2) is 8.15. The van der Waals surface area contributed by atoms with Crippen LogP contribution in [-0.4, -0.2) is 32.1 Å². The van der Waals surface area contributed by atoms with Gasteiger partial charge < -0.3 is 4.98 Å². The van der Waals surface area contributed by atoms with Gasteiger partial charge in [-0.3, -0.25) is 9.59 Å². The van der Waals surface area contributed by atoms with Crippen LogP contribution >= 0.6 is 0 Å². The molecule has 3 N–H and O–H groups in total. The zero-order chi connectivity index (χ0) is 20.1. The van der Waals surface area contributed by atoms with Gasteiger partial charge in [-0.15, -0.1) is 0 Å². The average Bonchev–Trinajstić information content (AvgIpc) is 2.67. The quantitative estimate of drug-likeness (QED) is 0.428. The Bertz CT molecular complexity index is 1200. The molecule has 0 radical (unpaired) electrons. The second-order valence-electron chi connectivity index (χ2n) is 6.07. The van der Waals surface area contributed by atoms with E-state index in [1.807, 2.05) is 25.1 Å². The number of fused-ring (bicyclic) bond motifs is 1. The number of aromatic amines is 1. The number of hydrogen-bond acceptors (Lipinski definition) is 5. The van der Waals surface area contributed by atoms with Crippen molar-refractivity contribution in [2.24, 2.45) is 5.10 Å². The highest BCUT2D eigenvalue weighted by atomic mass is 32.2. The highest BCUT2D eigenvalue weighted by Gasteiger charge is 2.14. The maximum absolute atomic E-state index is 12.1. The molecule has 2 aromatic carbocycles. The van der Waals surface area contributed by atoms with Crippen molar-refractivity contribution in [3.05, 3.63) is 76.1 Å². The molecule has 144 valence electrons. The molecule has 3 aromatic rings. The minimum absolute atomic E-state index is 0.0668. The second-order valence-corrected chi connectivity index (χ2v) is 7.84. The summed E-state index contributed by atoms with van der Waals surface area (Å²) in [5.41, 5.74) is 3.72. The molecule has 0 aliphatic heterocycles. The molecule has 0 unspecified atom stereocenters. The van der Waals surface area contributed by atoms with E-state index in [0.717, 1.165) is 10.9 Å². The zero-order valence-corrected chi connectivity index (χ0v) is 15.8. The summed E-state index contributed by atoms with van der Waals surface area (Å²) < 4.78 is 26.5. The number of sulfonamides is 1. The minimum Gasteiger partial charge on any atom is -0.321 e. The SMILES string of the molecule is Cc1ccc(S(=O)(=O)NCC(=O)N/N=C\c2cc3ccccc3[nH]c2=O)cc1. The molecule has 0 saturated heterocycles. The third-order valence-corrected chi connectivity index (χ3v) is 5.35. The van der Waals surface area contributed by atoms with Crippen LogP contribution in [0, 0.1) is 6.92 Å². The molecule has 1 heterocycles. The summed E-state index contributed by atoms with van der Waals surface area (Å²) >= 11 is 0. The minimum atomic E-state index is -3.80. The number of carbonyl (C=O) groups is 1. The smallest absolute Gasteiger partial charge is 0.257 e. The molecule has 0 aliphatic carbocycles. The van der Waals surface area contributed by atoms with E-state index in [9.17, 15) is 18.0 Å². The Kier molecular flexibility index (Phi) is 5.67. The first-order chi connectivity index (χ1) is 13.3. The fourth-order valence-corrected chi connectivity index (χ4v) is 3.42. The van der Waals surface area contributed by atoms with Crippen LogP contribution in [0.3, 0.4) is 0 Å². The first-order valence-electron chi connectivity index (χ1n) is 8.35. The van der Waals surface area contributed by atoms with E-state index < -0.39 is 22.5 Å². The number of nitrogens with zero attached hydrogens (tertiary/aromatic N) is 1. The fraction of sp³-hybridized carbons (Fsp3) is 0.105. The standard InChI is InChI=1S/C19H18N4O4S/c1-13-6-8-16(9-7-13)28(26,27)21-12-18(24)23-20-11-15-10-14-4-2-3-5-17(14)22-19(15)25/h2-11,21H,12H2,1H3,(H,22,25)(H,23,24)/b20-11-. The predicted octanol–water partition coefficient (Wildman–Crippen LogP) is 1.27. The Morgan fingerprint density at radius 2 is 1.86 bits per heavy atom. The summed E-state index contributed by atoms with van der Waals surface area (Å²) in [4.78, 5) is 26.6. The molecule has 9 heteroatoms. The number of amides is 1. The normalized spacial score (nSPS) is 11.8. The van der Waals surface area contributed by atoms with Crippen molar-refractivity contribution in [3.63, 3.8) is 0 Å². The first kappa shape index (κ1) is 19.5. The van der Waals surface area contributed by atoms with Crippen molar-refractivity contribution in [1.29, 1.82) is 0 Å². The summed E-state index contributed by atoms with van der Waals surface area (Å²) in [5, 5.41) is 4.53. The van der Waals surface area contributed by atoms with Gasteiger partial charge in [0.15, 0.2) is 0 Å². The molecule has 0 bridgehead atoms. The number of aromatic nitrogens is 1. The number of rotatable bonds is 6. The molecule has 1 amide bonds. The van der Waals surface area contributed by atoms with Crippen LogP contribution in [0.2, 0.25) is 0 Å². The molecule has 0 aliphatic rings. The molecular formula is C19H18N4O4S. The van der Waals surface area contributed by atoms with Gasteiger partial charge >= 0.3 is 0 Å². The summed E-state index contributed by atoms with van der Waals surface area (Å²) in [5.74, 6) is -0.663. The third kappa shape index (κ3) is 4.70. The zero-order valence-electron chi connectivity index (χ0n) is 15.0. The largest absolute Gasteiger partial charge is 0.321 e. The maximum Gasteiger partial charge on any atom is 0.257 e. The molecule has 3 rings (SSSR count). The highest BCUT2D eigenvalue weighted by molar-refractivity contribution is 7.89. The molecule has 0 spiro atoms. The highest BCUT2D eigenvalue weighted by Crippen LogP contribution is 2.10. The molecule has 8 nitrogen and oxygen atoms in total. The Balaban J connectivity index is 1.60. The monoisotopic (exact) mass is 398 g/mol. The van der Waals surface area contributed by atoms with Gasteiger partial charge in [-0.2, -0.15) is 5.10 Å². The van der Waals surface area contributed by atoms with Crippen LogP contribution in [0.25, 0.3) is 10.9 Å². The van der Waals surface area contributed by atoms with Crippen molar-refractivity contribution in [2.75, 3.05) is 6.54 Å². The lowest BCUT2D eigenvalue weighted by molar-refractivity contribution is -0.119. The van der Waals surface area contributed by atoms with Gasteiger partial charge in [0, 0.05) is 5.52 Å². The summed E-state index contributed by atoms with van der Waals surface area (Å²) in [6.07, 6.45) is 1.21. The molecule has 0 atom stereocenters.